The molecule has 0 spiro atoms. The second-order valence-corrected chi connectivity index (χ2v) is 4.70. The van der Waals surface area contributed by atoms with Crippen LogP contribution in [0.2, 0.25) is 0 Å². The van der Waals surface area contributed by atoms with Crippen molar-refractivity contribution >= 4 is 0 Å². The molecule has 0 amide bonds. The molecule has 0 aromatic carbocycles. The van der Waals surface area contributed by atoms with Gasteiger partial charge in [0.05, 0.1) is 0 Å². The zero-order chi connectivity index (χ0) is 9.68. The first-order chi connectivity index (χ1) is 6.26. The van der Waals surface area contributed by atoms with Crippen molar-refractivity contribution in [3.8, 4) is 0 Å². The Hall–Kier alpha value is -0.0400. The van der Waals surface area contributed by atoms with Crippen LogP contribution in [0.25, 0.3) is 0 Å². The van der Waals surface area contributed by atoms with Crippen LogP contribution in [-0.4, -0.2) is 12.6 Å². The largest absolute Gasteiger partial charge is 0.314 e. The van der Waals surface area contributed by atoms with Crippen molar-refractivity contribution in [2.24, 2.45) is 11.8 Å². The van der Waals surface area contributed by atoms with Crippen LogP contribution >= 0.6 is 0 Å². The predicted molar refractivity (Wildman–Crippen MR) is 58.9 cm³/mol. The monoisotopic (exact) mass is 183 g/mol. The number of piperidine rings is 1. The van der Waals surface area contributed by atoms with E-state index in [9.17, 15) is 0 Å². The van der Waals surface area contributed by atoms with Gasteiger partial charge in [0.25, 0.3) is 0 Å². The van der Waals surface area contributed by atoms with Crippen LogP contribution in [0.5, 0.6) is 0 Å². The van der Waals surface area contributed by atoms with Crippen LogP contribution in [0.3, 0.4) is 0 Å². The van der Waals surface area contributed by atoms with Gasteiger partial charge in [0.15, 0.2) is 0 Å². The van der Waals surface area contributed by atoms with Crippen LogP contribution in [0, 0.1) is 11.8 Å². The van der Waals surface area contributed by atoms with Gasteiger partial charge in [0.1, 0.15) is 0 Å². The van der Waals surface area contributed by atoms with E-state index in [1.54, 1.807) is 0 Å². The summed E-state index contributed by atoms with van der Waals surface area (Å²) in [5, 5.41) is 3.65. The molecule has 1 fully saturated rings. The molecule has 1 heterocycles. The lowest BCUT2D eigenvalue weighted by Crippen LogP contribution is -2.38. The molecule has 0 bridgehead atoms. The first-order valence-electron chi connectivity index (χ1n) is 5.99. The molecule has 0 aliphatic carbocycles. The van der Waals surface area contributed by atoms with Crippen molar-refractivity contribution in [1.82, 2.24) is 5.32 Å². The van der Waals surface area contributed by atoms with Crippen molar-refractivity contribution < 1.29 is 0 Å². The van der Waals surface area contributed by atoms with Crippen molar-refractivity contribution in [1.29, 1.82) is 0 Å². The molecule has 13 heavy (non-hydrogen) atoms. The molecule has 0 radical (unpaired) electrons. The molecular formula is C12H25N. The SMILES string of the molecule is CCC(CC)CC1CC(C)CCN1. The minimum absolute atomic E-state index is 0.814. The molecule has 1 aliphatic heterocycles. The number of hydrogen-bond donors (Lipinski definition) is 1. The Kier molecular flexibility index (Phi) is 4.79. The smallest absolute Gasteiger partial charge is 0.00722 e. The third-order valence-corrected chi connectivity index (χ3v) is 3.53. The summed E-state index contributed by atoms with van der Waals surface area (Å²) in [6, 6.07) is 0.814. The predicted octanol–water partition coefficient (Wildman–Crippen LogP) is 3.20. The number of rotatable bonds is 4. The summed E-state index contributed by atoms with van der Waals surface area (Å²) in [4.78, 5) is 0. The molecule has 0 saturated carbocycles. The normalized spacial score (nSPS) is 29.5. The number of nitrogens with one attached hydrogen (secondary N) is 1. The van der Waals surface area contributed by atoms with Crippen molar-refractivity contribution in [2.45, 2.75) is 58.9 Å². The van der Waals surface area contributed by atoms with E-state index in [0.29, 0.717) is 0 Å². The molecule has 1 nitrogen and oxygen atoms in total. The maximum Gasteiger partial charge on any atom is 0.00722 e. The highest BCUT2D eigenvalue weighted by Gasteiger charge is 2.20. The summed E-state index contributed by atoms with van der Waals surface area (Å²) in [5.74, 6) is 1.89. The van der Waals surface area contributed by atoms with Gasteiger partial charge < -0.3 is 5.32 Å². The third-order valence-electron chi connectivity index (χ3n) is 3.53. The Morgan fingerprint density at radius 3 is 2.54 bits per heavy atom. The molecule has 1 heteroatoms. The van der Waals surface area contributed by atoms with E-state index < -0.39 is 0 Å². The van der Waals surface area contributed by atoms with Crippen LogP contribution in [0.4, 0.5) is 0 Å². The van der Waals surface area contributed by atoms with E-state index in [1.807, 2.05) is 0 Å². The van der Waals surface area contributed by atoms with Crippen LogP contribution in [0.1, 0.15) is 52.9 Å². The molecule has 1 N–H and O–H groups in total. The highest BCUT2D eigenvalue weighted by Crippen LogP contribution is 2.22. The average Bonchev–Trinajstić information content (AvgIpc) is 2.14. The Balaban J connectivity index is 2.26. The number of hydrogen-bond acceptors (Lipinski definition) is 1. The lowest BCUT2D eigenvalue weighted by molar-refractivity contribution is 0.269. The zero-order valence-electron chi connectivity index (χ0n) is 9.47. The van der Waals surface area contributed by atoms with Gasteiger partial charge in [-0.3, -0.25) is 0 Å². The quantitative estimate of drug-likeness (QED) is 0.706. The summed E-state index contributed by atoms with van der Waals surface area (Å²) in [7, 11) is 0. The molecule has 2 atom stereocenters. The summed E-state index contributed by atoms with van der Waals surface area (Å²) in [6.45, 7) is 8.27. The van der Waals surface area contributed by atoms with Gasteiger partial charge in [0.2, 0.25) is 0 Å². The fourth-order valence-corrected chi connectivity index (χ4v) is 2.42. The molecule has 2 unspecified atom stereocenters. The van der Waals surface area contributed by atoms with Crippen molar-refractivity contribution in [3.05, 3.63) is 0 Å². The second-order valence-electron chi connectivity index (χ2n) is 4.70. The van der Waals surface area contributed by atoms with Gasteiger partial charge in [-0.2, -0.15) is 0 Å². The maximum absolute atomic E-state index is 3.65. The Bertz CT molecular complexity index is 129. The average molecular weight is 183 g/mol. The lowest BCUT2D eigenvalue weighted by atomic mass is 9.87. The fraction of sp³-hybridized carbons (Fsp3) is 1.00. The molecule has 1 aliphatic rings. The summed E-state index contributed by atoms with van der Waals surface area (Å²) >= 11 is 0. The molecule has 0 aromatic rings. The summed E-state index contributed by atoms with van der Waals surface area (Å²) in [6.07, 6.45) is 6.87. The molecule has 0 aromatic heterocycles. The van der Waals surface area contributed by atoms with Gasteiger partial charge >= 0.3 is 0 Å². The fourth-order valence-electron chi connectivity index (χ4n) is 2.42. The molecule has 1 saturated heterocycles. The van der Waals surface area contributed by atoms with E-state index in [0.717, 1.165) is 17.9 Å². The lowest BCUT2D eigenvalue weighted by Gasteiger charge is -2.30. The summed E-state index contributed by atoms with van der Waals surface area (Å²) in [5.41, 5.74) is 0. The van der Waals surface area contributed by atoms with Crippen molar-refractivity contribution in [3.63, 3.8) is 0 Å². The Labute approximate surface area is 83.3 Å². The van der Waals surface area contributed by atoms with Gasteiger partial charge in [-0.05, 0) is 37.6 Å². The zero-order valence-corrected chi connectivity index (χ0v) is 9.47. The molecule has 1 rings (SSSR count). The highest BCUT2D eigenvalue weighted by molar-refractivity contribution is 4.78. The maximum atomic E-state index is 3.65. The van der Waals surface area contributed by atoms with Crippen LogP contribution in [0.15, 0.2) is 0 Å². The van der Waals surface area contributed by atoms with Gasteiger partial charge in [-0.25, -0.2) is 0 Å². The minimum atomic E-state index is 0.814. The third kappa shape index (κ3) is 3.68. The second kappa shape index (κ2) is 5.64. The minimum Gasteiger partial charge on any atom is -0.314 e. The Morgan fingerprint density at radius 1 is 1.31 bits per heavy atom. The van der Waals surface area contributed by atoms with Crippen LogP contribution < -0.4 is 5.32 Å². The molecular weight excluding hydrogens is 158 g/mol. The standard InChI is InChI=1S/C12H25N/c1-4-11(5-2)9-12-8-10(3)6-7-13-12/h10-13H,4-9H2,1-3H3. The van der Waals surface area contributed by atoms with Gasteiger partial charge in [-0.1, -0.05) is 33.6 Å². The first kappa shape index (κ1) is 11.0. The van der Waals surface area contributed by atoms with Crippen LogP contribution in [-0.2, 0) is 0 Å². The highest BCUT2D eigenvalue weighted by atomic mass is 14.9. The first-order valence-corrected chi connectivity index (χ1v) is 5.99. The van der Waals surface area contributed by atoms with Crippen molar-refractivity contribution in [2.75, 3.05) is 6.54 Å². The topological polar surface area (TPSA) is 12.0 Å². The van der Waals surface area contributed by atoms with E-state index in [-0.39, 0.29) is 0 Å². The van der Waals surface area contributed by atoms with E-state index in [2.05, 4.69) is 26.1 Å². The van der Waals surface area contributed by atoms with Gasteiger partial charge in [0, 0.05) is 6.04 Å². The van der Waals surface area contributed by atoms with E-state index in [4.69, 9.17) is 0 Å². The Morgan fingerprint density at radius 2 is 2.00 bits per heavy atom. The van der Waals surface area contributed by atoms with E-state index in [1.165, 1.54) is 38.6 Å². The van der Waals surface area contributed by atoms with E-state index >= 15 is 0 Å². The summed E-state index contributed by atoms with van der Waals surface area (Å²) < 4.78 is 0. The van der Waals surface area contributed by atoms with Gasteiger partial charge in [-0.15, -0.1) is 0 Å². The molecule has 78 valence electrons.